The average Bonchev–Trinajstić information content (AvgIpc) is 3.41. The summed E-state index contributed by atoms with van der Waals surface area (Å²) in [4.78, 5) is 26.8. The molecule has 0 aliphatic rings. The number of nitriles is 1. The van der Waals surface area contributed by atoms with E-state index < -0.39 is 10.8 Å². The Morgan fingerprint density at radius 1 is 1.34 bits per heavy atom. The number of amides is 1. The van der Waals surface area contributed by atoms with Gasteiger partial charge in [-0.25, -0.2) is 4.98 Å². The maximum absolute atomic E-state index is 12.2. The van der Waals surface area contributed by atoms with E-state index >= 15 is 0 Å². The first kappa shape index (κ1) is 19.6. The molecular weight excluding hydrogens is 374 g/mol. The van der Waals surface area contributed by atoms with E-state index in [1.54, 1.807) is 42.9 Å². The SMILES string of the molecule is N#C/C(=C\c1ccc(-c2ccccc2[N+](=O)[O-])o1)C(=O)NCCCn1ccnc1. The van der Waals surface area contributed by atoms with Gasteiger partial charge >= 0.3 is 0 Å². The van der Waals surface area contributed by atoms with Crippen LogP contribution in [0.2, 0.25) is 0 Å². The molecule has 2 aromatic heterocycles. The molecule has 1 aromatic carbocycles. The van der Waals surface area contributed by atoms with Crippen LogP contribution in [0.4, 0.5) is 5.69 Å². The third-order valence-electron chi connectivity index (χ3n) is 4.08. The summed E-state index contributed by atoms with van der Waals surface area (Å²) >= 11 is 0. The second-order valence-electron chi connectivity index (χ2n) is 6.06. The van der Waals surface area contributed by atoms with Gasteiger partial charge in [-0.15, -0.1) is 0 Å². The fraction of sp³-hybridized carbons (Fsp3) is 0.150. The van der Waals surface area contributed by atoms with Crippen molar-refractivity contribution < 1.29 is 14.1 Å². The predicted octanol–water partition coefficient (Wildman–Crippen LogP) is 3.16. The molecule has 0 aliphatic carbocycles. The standard InChI is InChI=1S/C20H17N5O4/c21-13-15(20(26)23-8-3-10-24-11-9-22-14-24)12-16-6-7-19(29-16)17-4-1-2-5-18(17)25(27)28/h1-2,4-7,9,11-12,14H,3,8,10H2,(H,23,26)/b15-12+. The van der Waals surface area contributed by atoms with E-state index in [2.05, 4.69) is 10.3 Å². The lowest BCUT2D eigenvalue weighted by Gasteiger charge is -2.04. The number of imidazole rings is 1. The van der Waals surface area contributed by atoms with E-state index in [1.165, 1.54) is 12.1 Å². The van der Waals surface area contributed by atoms with Crippen LogP contribution >= 0.6 is 0 Å². The van der Waals surface area contributed by atoms with E-state index in [0.717, 1.165) is 0 Å². The van der Waals surface area contributed by atoms with Crippen molar-refractivity contribution in [1.29, 1.82) is 5.26 Å². The van der Waals surface area contributed by atoms with Gasteiger partial charge in [0.05, 0.1) is 16.8 Å². The number of carbonyl (C=O) groups excluding carboxylic acids is 1. The second kappa shape index (κ2) is 9.14. The number of aromatic nitrogens is 2. The van der Waals surface area contributed by atoms with Gasteiger partial charge in [0.25, 0.3) is 11.6 Å². The number of benzene rings is 1. The molecule has 1 amide bonds. The fourth-order valence-electron chi connectivity index (χ4n) is 2.68. The van der Waals surface area contributed by atoms with Gasteiger partial charge in [-0.05, 0) is 24.6 Å². The second-order valence-corrected chi connectivity index (χ2v) is 6.06. The zero-order chi connectivity index (χ0) is 20.6. The molecule has 0 atom stereocenters. The summed E-state index contributed by atoms with van der Waals surface area (Å²) in [5.74, 6) is 0.0200. The molecule has 29 heavy (non-hydrogen) atoms. The number of hydrogen-bond donors (Lipinski definition) is 1. The number of rotatable bonds is 8. The molecule has 0 fully saturated rings. The van der Waals surface area contributed by atoms with Gasteiger partial charge in [-0.1, -0.05) is 12.1 Å². The number of para-hydroxylation sites is 1. The van der Waals surface area contributed by atoms with Crippen LogP contribution in [0, 0.1) is 21.4 Å². The topological polar surface area (TPSA) is 127 Å². The normalized spacial score (nSPS) is 11.1. The minimum atomic E-state index is -0.512. The van der Waals surface area contributed by atoms with Gasteiger partial charge < -0.3 is 14.3 Å². The number of furan rings is 1. The summed E-state index contributed by atoms with van der Waals surface area (Å²) in [7, 11) is 0. The van der Waals surface area contributed by atoms with E-state index in [9.17, 15) is 20.2 Å². The Bertz CT molecular complexity index is 1080. The van der Waals surface area contributed by atoms with Gasteiger partial charge in [0.15, 0.2) is 0 Å². The summed E-state index contributed by atoms with van der Waals surface area (Å²) in [5.41, 5.74) is 0.115. The van der Waals surface area contributed by atoms with Gasteiger partial charge in [0.1, 0.15) is 23.2 Å². The van der Waals surface area contributed by atoms with Crippen LogP contribution in [0.5, 0.6) is 0 Å². The highest BCUT2D eigenvalue weighted by atomic mass is 16.6. The van der Waals surface area contributed by atoms with Crippen LogP contribution in [0.3, 0.4) is 0 Å². The quantitative estimate of drug-likeness (QED) is 0.207. The number of nitro groups is 1. The molecule has 2 heterocycles. The maximum Gasteiger partial charge on any atom is 0.280 e. The Labute approximate surface area is 166 Å². The minimum absolute atomic E-state index is 0.0893. The van der Waals surface area contributed by atoms with Crippen molar-refractivity contribution in [2.45, 2.75) is 13.0 Å². The van der Waals surface area contributed by atoms with Crippen LogP contribution in [0.1, 0.15) is 12.2 Å². The Balaban J connectivity index is 1.66. The summed E-state index contributed by atoms with van der Waals surface area (Å²) in [5, 5.41) is 23.1. The molecule has 0 saturated heterocycles. The first-order valence-corrected chi connectivity index (χ1v) is 8.78. The molecule has 0 spiro atoms. The van der Waals surface area contributed by atoms with Crippen molar-refractivity contribution >= 4 is 17.7 Å². The molecule has 0 aliphatic heterocycles. The predicted molar refractivity (Wildman–Crippen MR) is 104 cm³/mol. The number of nitro benzene ring substituents is 1. The zero-order valence-electron chi connectivity index (χ0n) is 15.3. The average molecular weight is 391 g/mol. The van der Waals surface area contributed by atoms with Gasteiger partial charge in [-0.3, -0.25) is 14.9 Å². The lowest BCUT2D eigenvalue weighted by Crippen LogP contribution is -2.26. The highest BCUT2D eigenvalue weighted by Crippen LogP contribution is 2.31. The minimum Gasteiger partial charge on any atom is -0.456 e. The number of nitrogens with zero attached hydrogens (tertiary/aromatic N) is 4. The Hall–Kier alpha value is -4.19. The molecule has 0 radical (unpaired) electrons. The molecule has 0 saturated carbocycles. The first-order valence-electron chi connectivity index (χ1n) is 8.78. The highest BCUT2D eigenvalue weighted by molar-refractivity contribution is 6.01. The highest BCUT2D eigenvalue weighted by Gasteiger charge is 2.17. The van der Waals surface area contributed by atoms with E-state index in [4.69, 9.17) is 4.42 Å². The van der Waals surface area contributed by atoms with Crippen molar-refractivity contribution in [2.24, 2.45) is 0 Å². The number of hydrogen-bond acceptors (Lipinski definition) is 6. The monoisotopic (exact) mass is 391 g/mol. The smallest absolute Gasteiger partial charge is 0.280 e. The molecule has 0 bridgehead atoms. The van der Waals surface area contributed by atoms with E-state index in [1.807, 2.05) is 16.8 Å². The number of aryl methyl sites for hydroxylation is 1. The lowest BCUT2D eigenvalue weighted by atomic mass is 10.1. The summed E-state index contributed by atoms with van der Waals surface area (Å²) < 4.78 is 7.48. The zero-order valence-corrected chi connectivity index (χ0v) is 15.3. The van der Waals surface area contributed by atoms with Gasteiger partial charge in [0.2, 0.25) is 0 Å². The van der Waals surface area contributed by atoms with Crippen LogP contribution < -0.4 is 5.32 Å². The van der Waals surface area contributed by atoms with Crippen LogP contribution in [-0.4, -0.2) is 26.9 Å². The number of carbonyl (C=O) groups is 1. The summed E-state index contributed by atoms with van der Waals surface area (Å²) in [6.45, 7) is 1.10. The third-order valence-corrected chi connectivity index (χ3v) is 4.08. The van der Waals surface area contributed by atoms with Gasteiger partial charge in [0, 0.05) is 37.6 Å². The van der Waals surface area contributed by atoms with Crippen LogP contribution in [0.25, 0.3) is 17.4 Å². The molecule has 3 aromatic rings. The fourth-order valence-corrected chi connectivity index (χ4v) is 2.68. The Morgan fingerprint density at radius 3 is 2.90 bits per heavy atom. The largest absolute Gasteiger partial charge is 0.456 e. The molecule has 3 rings (SSSR count). The summed E-state index contributed by atoms with van der Waals surface area (Å²) in [6.07, 6.45) is 7.19. The summed E-state index contributed by atoms with van der Waals surface area (Å²) in [6, 6.07) is 11.1. The molecule has 1 N–H and O–H groups in total. The van der Waals surface area contributed by atoms with Crippen molar-refractivity contribution in [1.82, 2.24) is 14.9 Å². The molecule has 9 heteroatoms. The van der Waals surface area contributed by atoms with Crippen molar-refractivity contribution in [3.63, 3.8) is 0 Å². The molecular formula is C20H17N5O4. The van der Waals surface area contributed by atoms with Crippen LogP contribution in [0.15, 0.2) is 65.1 Å². The van der Waals surface area contributed by atoms with Gasteiger partial charge in [-0.2, -0.15) is 5.26 Å². The first-order chi connectivity index (χ1) is 14.1. The lowest BCUT2D eigenvalue weighted by molar-refractivity contribution is -0.384. The molecule has 0 unspecified atom stereocenters. The Morgan fingerprint density at radius 2 is 2.17 bits per heavy atom. The third kappa shape index (κ3) is 4.95. The van der Waals surface area contributed by atoms with Crippen molar-refractivity contribution in [3.8, 4) is 17.4 Å². The van der Waals surface area contributed by atoms with E-state index in [0.29, 0.717) is 25.1 Å². The van der Waals surface area contributed by atoms with Crippen molar-refractivity contribution in [3.05, 3.63) is 76.6 Å². The molecule has 146 valence electrons. The van der Waals surface area contributed by atoms with Crippen LogP contribution in [-0.2, 0) is 11.3 Å². The molecule has 9 nitrogen and oxygen atoms in total. The van der Waals surface area contributed by atoms with Crippen molar-refractivity contribution in [2.75, 3.05) is 6.54 Å². The maximum atomic E-state index is 12.2. The number of nitrogens with one attached hydrogen (secondary N) is 1. The Kier molecular flexibility index (Phi) is 6.17. The van der Waals surface area contributed by atoms with E-state index in [-0.39, 0.29) is 22.8 Å².